The number of carbonyl (C=O) groups is 2. The van der Waals surface area contributed by atoms with Gasteiger partial charge in [-0.15, -0.1) is 0 Å². The Morgan fingerprint density at radius 1 is 0.971 bits per heavy atom. The Bertz CT molecular complexity index is 1300. The molecule has 0 heterocycles. The lowest BCUT2D eigenvalue weighted by molar-refractivity contribution is -0.118. The maximum absolute atomic E-state index is 13.7. The first-order valence-corrected chi connectivity index (χ1v) is 10.8. The van der Waals surface area contributed by atoms with Gasteiger partial charge in [-0.3, -0.25) is 9.59 Å². The van der Waals surface area contributed by atoms with E-state index in [-0.39, 0.29) is 23.6 Å². The average Bonchev–Trinajstić information content (AvgIpc) is 2.85. The van der Waals surface area contributed by atoms with Gasteiger partial charge in [-0.2, -0.15) is 5.26 Å². The number of nitrogens with one attached hydrogen (secondary N) is 2. The number of carbonyl (C=O) groups excluding carboxylic acids is 2. The van der Waals surface area contributed by atoms with Crippen molar-refractivity contribution in [1.29, 1.82) is 5.26 Å². The summed E-state index contributed by atoms with van der Waals surface area (Å²) in [5.41, 5.74) is 1.99. The Morgan fingerprint density at radius 2 is 1.69 bits per heavy atom. The highest BCUT2D eigenvalue weighted by atomic mass is 19.1. The van der Waals surface area contributed by atoms with Crippen molar-refractivity contribution in [3.8, 4) is 17.6 Å². The first-order chi connectivity index (χ1) is 16.9. The van der Waals surface area contributed by atoms with Crippen molar-refractivity contribution in [1.82, 2.24) is 0 Å². The Balaban J connectivity index is 1.72. The van der Waals surface area contributed by atoms with Gasteiger partial charge in [0.25, 0.3) is 11.8 Å². The molecule has 0 spiro atoms. The van der Waals surface area contributed by atoms with Crippen molar-refractivity contribution in [2.75, 3.05) is 23.8 Å². The molecule has 0 bridgehead atoms. The smallest absolute Gasteiger partial charge is 0.266 e. The monoisotopic (exact) mass is 473 g/mol. The van der Waals surface area contributed by atoms with Gasteiger partial charge in [-0.05, 0) is 61.4 Å². The molecule has 7 nitrogen and oxygen atoms in total. The standard InChI is InChI=1S/C27H24FN3O4/c1-3-34-25-15-19(14-20(16-29)27(33)31-22-10-6-4-8-18(22)2)12-13-24(25)35-17-26(32)30-23-11-7-5-9-21(23)28/h4-15H,3,17H2,1-2H3,(H,30,32)(H,31,33). The normalized spacial score (nSPS) is 10.7. The lowest BCUT2D eigenvalue weighted by Gasteiger charge is -2.13. The zero-order chi connectivity index (χ0) is 25.2. The van der Waals surface area contributed by atoms with Crippen molar-refractivity contribution in [2.24, 2.45) is 0 Å². The fraction of sp³-hybridized carbons (Fsp3) is 0.148. The number of benzene rings is 3. The summed E-state index contributed by atoms with van der Waals surface area (Å²) in [6, 6.07) is 19.8. The second-order valence-corrected chi connectivity index (χ2v) is 7.39. The largest absolute Gasteiger partial charge is 0.490 e. The number of para-hydroxylation sites is 2. The first kappa shape index (κ1) is 25.0. The van der Waals surface area contributed by atoms with Gasteiger partial charge in [0.2, 0.25) is 0 Å². The van der Waals surface area contributed by atoms with Gasteiger partial charge in [0, 0.05) is 5.69 Å². The van der Waals surface area contributed by atoms with Crippen LogP contribution in [0.5, 0.6) is 11.5 Å². The fourth-order valence-electron chi connectivity index (χ4n) is 3.11. The number of rotatable bonds is 9. The van der Waals surface area contributed by atoms with Gasteiger partial charge < -0.3 is 20.1 Å². The quantitative estimate of drug-likeness (QED) is 0.333. The van der Waals surface area contributed by atoms with Gasteiger partial charge in [-0.25, -0.2) is 4.39 Å². The highest BCUT2D eigenvalue weighted by Crippen LogP contribution is 2.29. The minimum Gasteiger partial charge on any atom is -0.490 e. The lowest BCUT2D eigenvalue weighted by Crippen LogP contribution is -2.21. The minimum absolute atomic E-state index is 0.0552. The van der Waals surface area contributed by atoms with Gasteiger partial charge in [0.05, 0.1) is 12.3 Å². The predicted molar refractivity (Wildman–Crippen MR) is 132 cm³/mol. The van der Waals surface area contributed by atoms with E-state index in [0.29, 0.717) is 23.6 Å². The van der Waals surface area contributed by atoms with Gasteiger partial charge in [0.1, 0.15) is 17.5 Å². The molecule has 0 saturated carbocycles. The van der Waals surface area contributed by atoms with Gasteiger partial charge in [-0.1, -0.05) is 36.4 Å². The third kappa shape index (κ3) is 6.92. The summed E-state index contributed by atoms with van der Waals surface area (Å²) < 4.78 is 24.9. The Labute approximate surface area is 202 Å². The van der Waals surface area contributed by atoms with Crippen molar-refractivity contribution < 1.29 is 23.5 Å². The summed E-state index contributed by atoms with van der Waals surface area (Å²) >= 11 is 0. The van der Waals surface area contributed by atoms with Crippen LogP contribution in [-0.2, 0) is 9.59 Å². The molecule has 35 heavy (non-hydrogen) atoms. The van der Waals surface area contributed by atoms with E-state index in [1.165, 1.54) is 24.3 Å². The first-order valence-electron chi connectivity index (χ1n) is 10.8. The molecule has 3 rings (SSSR count). The van der Waals surface area contributed by atoms with Crippen molar-refractivity contribution >= 4 is 29.3 Å². The summed E-state index contributed by atoms with van der Waals surface area (Å²) in [7, 11) is 0. The van der Waals surface area contributed by atoms with Crippen molar-refractivity contribution in [3.05, 3.63) is 89.2 Å². The van der Waals surface area contributed by atoms with Crippen LogP contribution in [0.4, 0.5) is 15.8 Å². The van der Waals surface area contributed by atoms with Crippen LogP contribution in [0, 0.1) is 24.1 Å². The SMILES string of the molecule is CCOc1cc(C=C(C#N)C(=O)Nc2ccccc2C)ccc1OCC(=O)Nc1ccccc1F. The molecule has 0 aliphatic carbocycles. The van der Waals surface area contributed by atoms with Crippen LogP contribution in [0.1, 0.15) is 18.1 Å². The number of amides is 2. The maximum atomic E-state index is 13.7. The maximum Gasteiger partial charge on any atom is 0.266 e. The molecule has 0 aliphatic heterocycles. The van der Waals surface area contributed by atoms with Crippen LogP contribution in [0.25, 0.3) is 6.08 Å². The zero-order valence-corrected chi connectivity index (χ0v) is 19.3. The van der Waals surface area contributed by atoms with Crippen molar-refractivity contribution in [2.45, 2.75) is 13.8 Å². The summed E-state index contributed by atoms with van der Waals surface area (Å²) in [5, 5.41) is 14.7. The number of anilines is 2. The van der Waals surface area contributed by atoms with Crippen LogP contribution in [0.3, 0.4) is 0 Å². The summed E-state index contributed by atoms with van der Waals surface area (Å²) in [4.78, 5) is 24.8. The fourth-order valence-corrected chi connectivity index (χ4v) is 3.11. The van der Waals surface area contributed by atoms with E-state index in [1.54, 1.807) is 43.3 Å². The molecule has 0 aromatic heterocycles. The highest BCUT2D eigenvalue weighted by Gasteiger charge is 2.14. The van der Waals surface area contributed by atoms with Crippen molar-refractivity contribution in [3.63, 3.8) is 0 Å². The average molecular weight is 474 g/mol. The summed E-state index contributed by atoms with van der Waals surface area (Å²) in [6.07, 6.45) is 1.44. The lowest BCUT2D eigenvalue weighted by atomic mass is 10.1. The molecule has 178 valence electrons. The second kappa shape index (κ2) is 12.0. The predicted octanol–water partition coefficient (Wildman–Crippen LogP) is 5.10. The molecule has 3 aromatic rings. The molecule has 8 heteroatoms. The number of hydrogen-bond acceptors (Lipinski definition) is 5. The van der Waals surface area contributed by atoms with Crippen LogP contribution in [0.15, 0.2) is 72.3 Å². The molecule has 2 amide bonds. The number of nitrogens with zero attached hydrogens (tertiary/aromatic N) is 1. The Kier molecular flexibility index (Phi) is 8.57. The highest BCUT2D eigenvalue weighted by molar-refractivity contribution is 6.10. The third-order valence-corrected chi connectivity index (χ3v) is 4.84. The zero-order valence-electron chi connectivity index (χ0n) is 19.3. The number of aryl methyl sites for hydroxylation is 1. The van der Waals surface area contributed by atoms with E-state index >= 15 is 0 Å². The Hall–Kier alpha value is -4.64. The van der Waals surface area contributed by atoms with Crippen LogP contribution < -0.4 is 20.1 Å². The molecule has 2 N–H and O–H groups in total. The van der Waals surface area contributed by atoms with Gasteiger partial charge in [0.15, 0.2) is 18.1 Å². The summed E-state index contributed by atoms with van der Waals surface area (Å²) in [5.74, 6) is -1.01. The molecular weight excluding hydrogens is 449 g/mol. The Morgan fingerprint density at radius 3 is 2.37 bits per heavy atom. The number of hydrogen-bond donors (Lipinski definition) is 2. The second-order valence-electron chi connectivity index (χ2n) is 7.39. The van der Waals surface area contributed by atoms with Crippen LogP contribution in [0.2, 0.25) is 0 Å². The van der Waals surface area contributed by atoms with E-state index in [1.807, 2.05) is 25.1 Å². The van der Waals surface area contributed by atoms with Crippen LogP contribution >= 0.6 is 0 Å². The molecular formula is C27H24FN3O4. The minimum atomic E-state index is -0.549. The molecule has 0 aliphatic rings. The van der Waals surface area contributed by atoms with E-state index < -0.39 is 17.6 Å². The molecule has 0 radical (unpaired) electrons. The molecule has 0 saturated heterocycles. The van der Waals surface area contributed by atoms with E-state index in [0.717, 1.165) is 5.56 Å². The third-order valence-electron chi connectivity index (χ3n) is 4.84. The molecule has 3 aromatic carbocycles. The van der Waals surface area contributed by atoms with E-state index in [9.17, 15) is 19.2 Å². The molecule has 0 fully saturated rings. The summed E-state index contributed by atoms with van der Waals surface area (Å²) in [6.45, 7) is 3.60. The van der Waals surface area contributed by atoms with E-state index in [4.69, 9.17) is 9.47 Å². The van der Waals surface area contributed by atoms with Crippen LogP contribution in [-0.4, -0.2) is 25.0 Å². The number of halogens is 1. The van der Waals surface area contributed by atoms with Gasteiger partial charge >= 0.3 is 0 Å². The topological polar surface area (TPSA) is 100 Å². The number of ether oxygens (including phenoxy) is 2. The number of nitriles is 1. The molecule has 0 atom stereocenters. The molecule has 0 unspecified atom stereocenters. The van der Waals surface area contributed by atoms with E-state index in [2.05, 4.69) is 10.6 Å².